The molecule has 5 heteroatoms. The predicted octanol–water partition coefficient (Wildman–Crippen LogP) is 0.619. The van der Waals surface area contributed by atoms with Crippen LogP contribution in [0.3, 0.4) is 0 Å². The summed E-state index contributed by atoms with van der Waals surface area (Å²) in [5.74, 6) is -0.482. The average Bonchev–Trinajstić information content (AvgIpc) is 2.25. The van der Waals surface area contributed by atoms with Crippen LogP contribution in [-0.2, 0) is 14.3 Å². The van der Waals surface area contributed by atoms with Gasteiger partial charge in [-0.2, -0.15) is 0 Å². The molecule has 0 aromatic heterocycles. The van der Waals surface area contributed by atoms with Gasteiger partial charge in [0.05, 0.1) is 12.2 Å². The molecule has 100 valence electrons. The summed E-state index contributed by atoms with van der Waals surface area (Å²) in [6.45, 7) is 5.43. The van der Waals surface area contributed by atoms with Crippen molar-refractivity contribution in [1.82, 2.24) is 0 Å². The van der Waals surface area contributed by atoms with Gasteiger partial charge in [-0.05, 0) is 20.3 Å². The molecule has 0 aromatic rings. The molecule has 1 saturated heterocycles. The fourth-order valence-electron chi connectivity index (χ4n) is 2.01. The zero-order valence-corrected chi connectivity index (χ0v) is 10.7. The van der Waals surface area contributed by atoms with Gasteiger partial charge in [0, 0.05) is 13.0 Å². The summed E-state index contributed by atoms with van der Waals surface area (Å²) in [4.78, 5) is 11.4. The number of carbonyl (C=O) groups excluding carboxylic acids is 1. The number of ketones is 1. The minimum absolute atomic E-state index is 0.115. The van der Waals surface area contributed by atoms with Crippen molar-refractivity contribution < 1.29 is 24.5 Å². The van der Waals surface area contributed by atoms with Crippen molar-refractivity contribution in [3.05, 3.63) is 0 Å². The maximum atomic E-state index is 11.4. The van der Waals surface area contributed by atoms with Gasteiger partial charge in [-0.1, -0.05) is 13.3 Å². The number of rotatable bonds is 5. The molecule has 1 aliphatic rings. The van der Waals surface area contributed by atoms with Crippen LogP contribution in [-0.4, -0.2) is 46.7 Å². The molecular formula is C12H22O5. The lowest BCUT2D eigenvalue weighted by Gasteiger charge is -2.42. The van der Waals surface area contributed by atoms with Crippen molar-refractivity contribution in [2.24, 2.45) is 0 Å². The maximum Gasteiger partial charge on any atom is 0.174 e. The summed E-state index contributed by atoms with van der Waals surface area (Å²) >= 11 is 0. The third kappa shape index (κ3) is 3.04. The molecule has 1 fully saturated rings. The molecule has 0 radical (unpaired) electrons. The first-order valence-corrected chi connectivity index (χ1v) is 6.11. The smallest absolute Gasteiger partial charge is 0.174 e. The minimum Gasteiger partial charge on any atom is -0.389 e. The second-order valence-electron chi connectivity index (χ2n) is 4.57. The zero-order chi connectivity index (χ0) is 13.1. The van der Waals surface area contributed by atoms with Crippen molar-refractivity contribution in [3.63, 3.8) is 0 Å². The molecule has 2 N–H and O–H groups in total. The standard InChI is InChI=1S/C12H22O5/c1-4-5-6-16-11-7-10(14)12(15,8(2)13)9(3)17-11/h9-11,14-15H,4-7H2,1-3H3/t9-,10+,11+,12+/m0/s1. The minimum atomic E-state index is -1.81. The van der Waals surface area contributed by atoms with E-state index in [0.29, 0.717) is 6.61 Å². The van der Waals surface area contributed by atoms with Crippen molar-refractivity contribution in [3.8, 4) is 0 Å². The Hall–Kier alpha value is -0.490. The largest absolute Gasteiger partial charge is 0.389 e. The average molecular weight is 246 g/mol. The molecule has 1 aliphatic heterocycles. The quantitative estimate of drug-likeness (QED) is 0.695. The lowest BCUT2D eigenvalue weighted by molar-refractivity contribution is -0.273. The Bertz CT molecular complexity index is 254. The first kappa shape index (κ1) is 14.6. The van der Waals surface area contributed by atoms with Crippen LogP contribution in [0.1, 0.15) is 40.0 Å². The Labute approximate surface area is 102 Å². The first-order valence-electron chi connectivity index (χ1n) is 6.11. The highest BCUT2D eigenvalue weighted by atomic mass is 16.7. The predicted molar refractivity (Wildman–Crippen MR) is 61.4 cm³/mol. The van der Waals surface area contributed by atoms with Crippen LogP contribution in [0.2, 0.25) is 0 Å². The molecule has 0 saturated carbocycles. The fraction of sp³-hybridized carbons (Fsp3) is 0.917. The van der Waals surface area contributed by atoms with E-state index in [1.807, 2.05) is 0 Å². The summed E-state index contributed by atoms with van der Waals surface area (Å²) in [6.07, 6.45) is -0.412. The van der Waals surface area contributed by atoms with E-state index < -0.39 is 29.9 Å². The summed E-state index contributed by atoms with van der Waals surface area (Å²) in [5.41, 5.74) is -1.81. The second kappa shape index (κ2) is 5.91. The number of Topliss-reactive ketones (excluding diaryl/α,β-unsaturated/α-hetero) is 1. The highest BCUT2D eigenvalue weighted by Crippen LogP contribution is 2.30. The Morgan fingerprint density at radius 3 is 2.71 bits per heavy atom. The summed E-state index contributed by atoms with van der Waals surface area (Å²) in [7, 11) is 0. The Balaban J connectivity index is 2.58. The van der Waals surface area contributed by atoms with E-state index in [9.17, 15) is 15.0 Å². The highest BCUT2D eigenvalue weighted by molar-refractivity contribution is 5.86. The van der Waals surface area contributed by atoms with Crippen LogP contribution in [0.25, 0.3) is 0 Å². The number of aliphatic hydroxyl groups is 2. The molecule has 5 nitrogen and oxygen atoms in total. The van der Waals surface area contributed by atoms with E-state index in [4.69, 9.17) is 9.47 Å². The molecule has 0 spiro atoms. The molecular weight excluding hydrogens is 224 g/mol. The van der Waals surface area contributed by atoms with Crippen molar-refractivity contribution in [2.75, 3.05) is 6.61 Å². The second-order valence-corrected chi connectivity index (χ2v) is 4.57. The third-order valence-corrected chi connectivity index (χ3v) is 3.27. The Kier molecular flexibility index (Phi) is 5.06. The topological polar surface area (TPSA) is 76.0 Å². The number of aliphatic hydroxyl groups excluding tert-OH is 1. The number of unbranched alkanes of at least 4 members (excludes halogenated alkanes) is 1. The van der Waals surface area contributed by atoms with E-state index in [1.165, 1.54) is 6.92 Å². The van der Waals surface area contributed by atoms with Crippen LogP contribution in [0, 0.1) is 0 Å². The van der Waals surface area contributed by atoms with Crippen LogP contribution < -0.4 is 0 Å². The molecule has 0 bridgehead atoms. The molecule has 1 rings (SSSR count). The van der Waals surface area contributed by atoms with Crippen LogP contribution in [0.5, 0.6) is 0 Å². The SMILES string of the molecule is CCCCO[C@H]1C[C@@H](O)[C@@](O)(C(C)=O)[C@H](C)O1. The summed E-state index contributed by atoms with van der Waals surface area (Å²) < 4.78 is 10.9. The fourth-order valence-corrected chi connectivity index (χ4v) is 2.01. The molecule has 0 unspecified atom stereocenters. The molecule has 0 aliphatic carbocycles. The maximum absolute atomic E-state index is 11.4. The van der Waals surface area contributed by atoms with Gasteiger partial charge < -0.3 is 19.7 Å². The van der Waals surface area contributed by atoms with Crippen molar-refractivity contribution in [1.29, 1.82) is 0 Å². The monoisotopic (exact) mass is 246 g/mol. The van der Waals surface area contributed by atoms with E-state index in [2.05, 4.69) is 6.92 Å². The van der Waals surface area contributed by atoms with E-state index in [-0.39, 0.29) is 6.42 Å². The van der Waals surface area contributed by atoms with Crippen molar-refractivity contribution in [2.45, 2.75) is 64.1 Å². The van der Waals surface area contributed by atoms with Gasteiger partial charge >= 0.3 is 0 Å². The van der Waals surface area contributed by atoms with Gasteiger partial charge in [0.15, 0.2) is 17.7 Å². The number of hydrogen-bond acceptors (Lipinski definition) is 5. The van der Waals surface area contributed by atoms with Crippen LogP contribution in [0.15, 0.2) is 0 Å². The van der Waals surface area contributed by atoms with Gasteiger partial charge in [-0.15, -0.1) is 0 Å². The van der Waals surface area contributed by atoms with E-state index in [1.54, 1.807) is 6.92 Å². The third-order valence-electron chi connectivity index (χ3n) is 3.27. The number of ether oxygens (including phenoxy) is 2. The molecule has 0 aromatic carbocycles. The summed E-state index contributed by atoms with van der Waals surface area (Å²) in [5, 5.41) is 20.0. The first-order chi connectivity index (χ1) is 7.92. The molecule has 1 heterocycles. The highest BCUT2D eigenvalue weighted by Gasteiger charge is 2.51. The van der Waals surface area contributed by atoms with Crippen molar-refractivity contribution >= 4 is 5.78 Å². The molecule has 0 amide bonds. The lowest BCUT2D eigenvalue weighted by Crippen LogP contribution is -2.62. The van der Waals surface area contributed by atoms with E-state index in [0.717, 1.165) is 12.8 Å². The van der Waals surface area contributed by atoms with Gasteiger partial charge in [-0.3, -0.25) is 4.79 Å². The number of hydrogen-bond donors (Lipinski definition) is 2. The summed E-state index contributed by atoms with van der Waals surface area (Å²) in [6, 6.07) is 0. The van der Waals surface area contributed by atoms with Gasteiger partial charge in [0.1, 0.15) is 0 Å². The molecule has 4 atom stereocenters. The van der Waals surface area contributed by atoms with Gasteiger partial charge in [0.2, 0.25) is 0 Å². The van der Waals surface area contributed by atoms with Gasteiger partial charge in [-0.25, -0.2) is 0 Å². The lowest BCUT2D eigenvalue weighted by atomic mass is 9.83. The normalized spacial score (nSPS) is 38.1. The van der Waals surface area contributed by atoms with Crippen LogP contribution >= 0.6 is 0 Å². The Morgan fingerprint density at radius 1 is 1.59 bits per heavy atom. The number of carbonyl (C=O) groups is 1. The van der Waals surface area contributed by atoms with E-state index >= 15 is 0 Å². The van der Waals surface area contributed by atoms with Gasteiger partial charge in [0.25, 0.3) is 0 Å². The van der Waals surface area contributed by atoms with Crippen LogP contribution in [0.4, 0.5) is 0 Å². The molecule has 17 heavy (non-hydrogen) atoms. The zero-order valence-electron chi connectivity index (χ0n) is 10.7. The Morgan fingerprint density at radius 2 is 2.24 bits per heavy atom.